The maximum Gasteiger partial charge on any atom is 0.322 e. The van der Waals surface area contributed by atoms with Crippen molar-refractivity contribution in [1.29, 1.82) is 0 Å². The number of aliphatic carboxylic acids is 1. The third-order valence-electron chi connectivity index (χ3n) is 5.42. The Morgan fingerprint density at radius 2 is 1.83 bits per heavy atom. The number of carbonyl (C=O) groups excluding carboxylic acids is 2. The lowest BCUT2D eigenvalue weighted by atomic mass is 9.86. The summed E-state index contributed by atoms with van der Waals surface area (Å²) >= 11 is 5.89. The molecule has 0 unspecified atom stereocenters. The lowest BCUT2D eigenvalue weighted by Crippen LogP contribution is -2.45. The van der Waals surface area contributed by atoms with Crippen molar-refractivity contribution in [1.82, 2.24) is 10.2 Å². The first-order chi connectivity index (χ1) is 14.3. The molecule has 2 aliphatic rings. The number of rotatable bonds is 7. The van der Waals surface area contributed by atoms with E-state index in [2.05, 4.69) is 5.32 Å². The molecule has 1 saturated carbocycles. The second-order valence-corrected chi connectivity index (χ2v) is 8.05. The van der Waals surface area contributed by atoms with Crippen molar-refractivity contribution in [2.24, 2.45) is 5.92 Å². The predicted octanol–water partition coefficient (Wildman–Crippen LogP) is 2.52. The van der Waals surface area contributed by atoms with Gasteiger partial charge in [0.2, 0.25) is 0 Å². The summed E-state index contributed by atoms with van der Waals surface area (Å²) in [4.78, 5) is 37.0. The molecule has 0 bridgehead atoms. The van der Waals surface area contributed by atoms with Crippen molar-refractivity contribution in [2.75, 3.05) is 19.6 Å². The van der Waals surface area contributed by atoms with Crippen molar-refractivity contribution < 1.29 is 29.3 Å². The number of carboxylic acids is 1. The maximum atomic E-state index is 12.7. The third-order valence-corrected chi connectivity index (χ3v) is 5.68. The topological polar surface area (TPSA) is 116 Å². The van der Waals surface area contributed by atoms with E-state index >= 15 is 0 Å². The summed E-state index contributed by atoms with van der Waals surface area (Å²) in [5.74, 6) is -1.86. The van der Waals surface area contributed by atoms with Crippen LogP contribution in [0, 0.1) is 5.92 Å². The molecule has 0 aromatic heterocycles. The highest BCUT2D eigenvalue weighted by Crippen LogP contribution is 2.30. The van der Waals surface area contributed by atoms with Crippen LogP contribution in [0.4, 0.5) is 0 Å². The number of benzene rings is 1. The van der Waals surface area contributed by atoms with Gasteiger partial charge in [-0.3, -0.25) is 14.4 Å². The molecule has 3 rings (SSSR count). The highest BCUT2D eigenvalue weighted by Gasteiger charge is 2.34. The van der Waals surface area contributed by atoms with E-state index in [0.29, 0.717) is 18.1 Å². The minimum atomic E-state index is -1.22. The van der Waals surface area contributed by atoms with E-state index < -0.39 is 24.3 Å². The second-order valence-electron chi connectivity index (χ2n) is 7.61. The predicted molar refractivity (Wildman–Crippen MR) is 109 cm³/mol. The van der Waals surface area contributed by atoms with Crippen molar-refractivity contribution >= 4 is 29.4 Å². The number of hydrogen-bond donors (Lipinski definition) is 3. The van der Waals surface area contributed by atoms with Crippen molar-refractivity contribution in [3.8, 4) is 5.75 Å². The Morgan fingerprint density at radius 3 is 2.47 bits per heavy atom. The van der Waals surface area contributed by atoms with Crippen LogP contribution >= 0.6 is 11.6 Å². The fourth-order valence-corrected chi connectivity index (χ4v) is 3.97. The lowest BCUT2D eigenvalue weighted by Gasteiger charge is -2.34. The molecular weight excluding hydrogens is 412 g/mol. The van der Waals surface area contributed by atoms with Gasteiger partial charge in [-0.15, -0.1) is 0 Å². The normalized spacial score (nSPS) is 22.0. The van der Waals surface area contributed by atoms with Crippen molar-refractivity contribution in [3.05, 3.63) is 40.6 Å². The van der Waals surface area contributed by atoms with Gasteiger partial charge >= 0.3 is 5.97 Å². The SMILES string of the molecule is O=C(O)CNC(=O)C1=C(O)CCN(C[C@H]2CC[C@H](Oc3ccc(Cl)cc3)CC2)C1=O. The molecule has 9 heteroatoms. The number of nitrogens with zero attached hydrogens (tertiary/aromatic N) is 1. The molecule has 1 aromatic carbocycles. The lowest BCUT2D eigenvalue weighted by molar-refractivity contribution is -0.138. The standard InChI is InChI=1S/C21H25ClN2O6/c22-14-3-7-16(8-4-14)30-15-5-1-13(2-6-15)12-24-10-9-17(25)19(21(24)29)20(28)23-11-18(26)27/h3-4,7-8,13,15,25H,1-2,5-6,9-12H2,(H,23,28)(H,26,27)/t13-,15-. The van der Waals surface area contributed by atoms with E-state index in [1.165, 1.54) is 0 Å². The first-order valence-corrected chi connectivity index (χ1v) is 10.3. The molecule has 1 aliphatic carbocycles. The van der Waals surface area contributed by atoms with Crippen LogP contribution in [0.3, 0.4) is 0 Å². The van der Waals surface area contributed by atoms with Crippen molar-refractivity contribution in [2.45, 2.75) is 38.2 Å². The summed E-state index contributed by atoms with van der Waals surface area (Å²) in [6.45, 7) is 0.220. The third kappa shape index (κ3) is 5.66. The minimum absolute atomic E-state index is 0.112. The Bertz CT molecular complexity index is 830. The highest BCUT2D eigenvalue weighted by molar-refractivity contribution is 6.30. The molecule has 1 aliphatic heterocycles. The van der Waals surface area contributed by atoms with E-state index in [-0.39, 0.29) is 29.8 Å². The van der Waals surface area contributed by atoms with Gasteiger partial charge in [-0.1, -0.05) is 11.6 Å². The van der Waals surface area contributed by atoms with E-state index in [1.807, 2.05) is 12.1 Å². The fraction of sp³-hybridized carbons (Fsp3) is 0.476. The van der Waals surface area contributed by atoms with E-state index in [1.54, 1.807) is 17.0 Å². The smallest absolute Gasteiger partial charge is 0.322 e. The minimum Gasteiger partial charge on any atom is -0.511 e. The molecule has 1 fully saturated rings. The second kappa shape index (κ2) is 9.84. The summed E-state index contributed by atoms with van der Waals surface area (Å²) in [6.07, 6.45) is 3.79. The van der Waals surface area contributed by atoms with Gasteiger partial charge in [0.1, 0.15) is 23.6 Å². The van der Waals surface area contributed by atoms with Crippen LogP contribution in [0.2, 0.25) is 5.02 Å². The highest BCUT2D eigenvalue weighted by atomic mass is 35.5. The van der Waals surface area contributed by atoms with Gasteiger partial charge in [0, 0.05) is 24.5 Å². The fourth-order valence-electron chi connectivity index (χ4n) is 3.85. The number of carboxylic acid groups (broad SMARTS) is 1. The molecule has 0 atom stereocenters. The molecule has 2 amide bonds. The molecule has 30 heavy (non-hydrogen) atoms. The zero-order valence-electron chi connectivity index (χ0n) is 16.5. The van der Waals surface area contributed by atoms with Crippen LogP contribution in [0.1, 0.15) is 32.1 Å². The summed E-state index contributed by atoms with van der Waals surface area (Å²) in [6, 6.07) is 7.27. The Hall–Kier alpha value is -2.74. The van der Waals surface area contributed by atoms with E-state index in [9.17, 15) is 19.5 Å². The zero-order valence-corrected chi connectivity index (χ0v) is 17.2. The number of hydrogen-bond acceptors (Lipinski definition) is 5. The molecule has 3 N–H and O–H groups in total. The quantitative estimate of drug-likeness (QED) is 0.565. The number of nitrogens with one attached hydrogen (secondary N) is 1. The van der Waals surface area contributed by atoms with Crippen LogP contribution in [0.15, 0.2) is 35.6 Å². The number of halogens is 1. The molecule has 0 spiro atoms. The van der Waals surface area contributed by atoms with Gasteiger partial charge < -0.3 is 25.2 Å². The first-order valence-electron chi connectivity index (χ1n) is 9.97. The van der Waals surface area contributed by atoms with Crippen LogP contribution in [0.25, 0.3) is 0 Å². The molecule has 0 radical (unpaired) electrons. The van der Waals surface area contributed by atoms with Crippen LogP contribution in [-0.2, 0) is 14.4 Å². The van der Waals surface area contributed by atoms with E-state index in [4.69, 9.17) is 21.4 Å². The van der Waals surface area contributed by atoms with Gasteiger partial charge in [-0.25, -0.2) is 0 Å². The Morgan fingerprint density at radius 1 is 1.17 bits per heavy atom. The van der Waals surface area contributed by atoms with E-state index in [0.717, 1.165) is 31.4 Å². The Labute approximate surface area is 179 Å². The van der Waals surface area contributed by atoms with Crippen LogP contribution in [-0.4, -0.2) is 58.6 Å². The average Bonchev–Trinajstić information content (AvgIpc) is 2.72. The molecular formula is C21H25ClN2O6. The van der Waals surface area contributed by atoms with Gasteiger partial charge in [-0.2, -0.15) is 0 Å². The Balaban J connectivity index is 1.51. The molecule has 1 heterocycles. The number of aliphatic hydroxyl groups excluding tert-OH is 1. The monoisotopic (exact) mass is 436 g/mol. The Kier molecular flexibility index (Phi) is 7.20. The zero-order chi connectivity index (χ0) is 21.7. The summed E-state index contributed by atoms with van der Waals surface area (Å²) in [5, 5.41) is 21.5. The van der Waals surface area contributed by atoms with Gasteiger partial charge in [0.25, 0.3) is 11.8 Å². The first kappa shape index (κ1) is 22.0. The largest absolute Gasteiger partial charge is 0.511 e. The average molecular weight is 437 g/mol. The van der Waals surface area contributed by atoms with Gasteiger partial charge in [0.05, 0.1) is 6.10 Å². The molecule has 1 aromatic rings. The number of carbonyl (C=O) groups is 3. The number of ether oxygens (including phenoxy) is 1. The van der Waals surface area contributed by atoms with Crippen molar-refractivity contribution in [3.63, 3.8) is 0 Å². The molecule has 162 valence electrons. The molecule has 8 nitrogen and oxygen atoms in total. The maximum absolute atomic E-state index is 12.7. The number of aliphatic hydroxyl groups is 1. The van der Waals surface area contributed by atoms with Gasteiger partial charge in [-0.05, 0) is 55.9 Å². The van der Waals surface area contributed by atoms with Crippen LogP contribution < -0.4 is 10.1 Å². The van der Waals surface area contributed by atoms with Crippen LogP contribution in [0.5, 0.6) is 5.75 Å². The van der Waals surface area contributed by atoms with Gasteiger partial charge in [0.15, 0.2) is 0 Å². The number of amides is 2. The summed E-state index contributed by atoms with van der Waals surface area (Å²) in [5.41, 5.74) is -0.359. The summed E-state index contributed by atoms with van der Waals surface area (Å²) < 4.78 is 6.00. The molecule has 0 saturated heterocycles. The summed E-state index contributed by atoms with van der Waals surface area (Å²) in [7, 11) is 0.